The van der Waals surface area contributed by atoms with Crippen molar-refractivity contribution in [2.24, 2.45) is 16.9 Å². The second-order valence-electron chi connectivity index (χ2n) is 9.15. The van der Waals surface area contributed by atoms with E-state index in [0.717, 1.165) is 0 Å². The molecule has 0 fully saturated rings. The molecule has 2 rings (SSSR count). The molecule has 0 radical (unpaired) electrons. The Bertz CT molecular complexity index is 1080. The SMILES string of the molecule is CC(C)COc1ccc(Cl)cc1/C=N\NC(=O)[C@@H](CC(C)C)NC(=O)[C@H](C)Oc1ccc(Cl)cc1Cl. The predicted molar refractivity (Wildman–Crippen MR) is 145 cm³/mol. The normalized spacial score (nSPS) is 13.1. The maximum absolute atomic E-state index is 12.9. The van der Waals surface area contributed by atoms with Crippen molar-refractivity contribution in [1.82, 2.24) is 10.7 Å². The molecule has 0 spiro atoms. The van der Waals surface area contributed by atoms with Crippen LogP contribution in [-0.2, 0) is 9.59 Å². The first-order valence-electron chi connectivity index (χ1n) is 11.6. The first-order valence-corrected chi connectivity index (χ1v) is 12.8. The number of hydrazone groups is 1. The van der Waals surface area contributed by atoms with Gasteiger partial charge >= 0.3 is 0 Å². The van der Waals surface area contributed by atoms with Crippen LogP contribution in [0.25, 0.3) is 0 Å². The van der Waals surface area contributed by atoms with Crippen LogP contribution in [0.5, 0.6) is 11.5 Å². The summed E-state index contributed by atoms with van der Waals surface area (Å²) in [5, 5.41) is 8.05. The van der Waals surface area contributed by atoms with Gasteiger partial charge < -0.3 is 14.8 Å². The quantitative estimate of drug-likeness (QED) is 0.243. The van der Waals surface area contributed by atoms with E-state index in [1.165, 1.54) is 12.3 Å². The van der Waals surface area contributed by atoms with Crippen molar-refractivity contribution in [2.75, 3.05) is 6.61 Å². The molecule has 0 aliphatic carbocycles. The van der Waals surface area contributed by atoms with Crippen LogP contribution in [0.2, 0.25) is 15.1 Å². The zero-order chi connectivity index (χ0) is 26.8. The van der Waals surface area contributed by atoms with Crippen LogP contribution in [0.3, 0.4) is 0 Å². The third-order valence-electron chi connectivity index (χ3n) is 4.83. The minimum atomic E-state index is -0.901. The van der Waals surface area contributed by atoms with Crippen LogP contribution in [0.4, 0.5) is 0 Å². The van der Waals surface area contributed by atoms with Crippen LogP contribution >= 0.6 is 34.8 Å². The number of rotatable bonds is 12. The number of ether oxygens (including phenoxy) is 2. The van der Waals surface area contributed by atoms with Gasteiger partial charge in [-0.05, 0) is 61.6 Å². The molecule has 2 aromatic rings. The van der Waals surface area contributed by atoms with Crippen LogP contribution in [0.1, 0.15) is 46.6 Å². The van der Waals surface area contributed by atoms with Gasteiger partial charge in [0.2, 0.25) is 0 Å². The average molecular weight is 557 g/mol. The molecular weight excluding hydrogens is 525 g/mol. The number of carbonyl (C=O) groups is 2. The van der Waals surface area contributed by atoms with Gasteiger partial charge in [-0.3, -0.25) is 9.59 Å². The van der Waals surface area contributed by atoms with Gasteiger partial charge in [-0.15, -0.1) is 0 Å². The molecule has 10 heteroatoms. The summed E-state index contributed by atoms with van der Waals surface area (Å²) in [6.45, 7) is 10.1. The first-order chi connectivity index (χ1) is 17.0. The van der Waals surface area contributed by atoms with E-state index >= 15 is 0 Å². The summed E-state index contributed by atoms with van der Waals surface area (Å²) in [5.74, 6) is 0.463. The molecule has 2 aromatic carbocycles. The van der Waals surface area contributed by atoms with Gasteiger partial charge in [0.15, 0.2) is 6.10 Å². The summed E-state index contributed by atoms with van der Waals surface area (Å²) in [6.07, 6.45) is 0.963. The highest BCUT2D eigenvalue weighted by Crippen LogP contribution is 2.28. The van der Waals surface area contributed by atoms with Crippen molar-refractivity contribution in [3.63, 3.8) is 0 Å². The zero-order valence-corrected chi connectivity index (χ0v) is 23.2. The minimum Gasteiger partial charge on any atom is -0.493 e. The lowest BCUT2D eigenvalue weighted by Gasteiger charge is -2.22. The Kier molecular flexibility index (Phi) is 11.8. The molecule has 0 heterocycles. The fraction of sp³-hybridized carbons (Fsp3) is 0.423. The van der Waals surface area contributed by atoms with Crippen LogP contribution < -0.4 is 20.2 Å². The monoisotopic (exact) mass is 555 g/mol. The molecule has 2 amide bonds. The van der Waals surface area contributed by atoms with Crippen molar-refractivity contribution in [3.8, 4) is 11.5 Å². The van der Waals surface area contributed by atoms with E-state index < -0.39 is 24.0 Å². The fourth-order valence-electron chi connectivity index (χ4n) is 3.06. The second-order valence-corrected chi connectivity index (χ2v) is 10.4. The standard InChI is InChI=1S/C26H32Cl3N3O4/c1-15(2)10-22(31-25(33)17(5)36-24-9-7-20(28)12-21(24)29)26(34)32-30-13-18-11-19(27)6-8-23(18)35-14-16(3)4/h6-9,11-13,15-17,22H,10,14H2,1-5H3,(H,31,33)(H,32,34)/b30-13-/t17-,22+/m0/s1. The Hall–Kier alpha value is -2.48. The lowest BCUT2D eigenvalue weighted by Crippen LogP contribution is -2.49. The molecule has 196 valence electrons. The zero-order valence-electron chi connectivity index (χ0n) is 21.0. The third-order valence-corrected chi connectivity index (χ3v) is 5.59. The van der Waals surface area contributed by atoms with Gasteiger partial charge in [-0.2, -0.15) is 5.10 Å². The van der Waals surface area contributed by atoms with E-state index in [1.807, 2.05) is 27.7 Å². The molecule has 0 saturated heterocycles. The van der Waals surface area contributed by atoms with Gasteiger partial charge in [0.1, 0.15) is 17.5 Å². The number of nitrogens with zero attached hydrogens (tertiary/aromatic N) is 1. The lowest BCUT2D eigenvalue weighted by atomic mass is 10.0. The highest BCUT2D eigenvalue weighted by molar-refractivity contribution is 6.35. The highest BCUT2D eigenvalue weighted by Gasteiger charge is 2.25. The number of carbonyl (C=O) groups excluding carboxylic acids is 2. The van der Waals surface area contributed by atoms with Gasteiger partial charge in [-0.25, -0.2) is 5.43 Å². The largest absolute Gasteiger partial charge is 0.493 e. The van der Waals surface area contributed by atoms with Crippen LogP contribution in [-0.4, -0.2) is 36.8 Å². The topological polar surface area (TPSA) is 89.0 Å². The summed E-state index contributed by atoms with van der Waals surface area (Å²) in [7, 11) is 0. The molecule has 2 atom stereocenters. The van der Waals surface area contributed by atoms with Crippen molar-refractivity contribution >= 4 is 52.8 Å². The van der Waals surface area contributed by atoms with Crippen molar-refractivity contribution < 1.29 is 19.1 Å². The Morgan fingerprint density at radius 1 is 0.917 bits per heavy atom. The summed E-state index contributed by atoms with van der Waals surface area (Å²) in [6, 6.07) is 9.07. The van der Waals surface area contributed by atoms with E-state index in [2.05, 4.69) is 15.8 Å². The Morgan fingerprint density at radius 3 is 2.17 bits per heavy atom. The molecule has 0 aliphatic rings. The summed E-state index contributed by atoms with van der Waals surface area (Å²) in [5.41, 5.74) is 3.12. The molecule has 0 bridgehead atoms. The van der Waals surface area contributed by atoms with E-state index in [9.17, 15) is 9.59 Å². The van der Waals surface area contributed by atoms with Gasteiger partial charge in [0, 0.05) is 15.6 Å². The summed E-state index contributed by atoms with van der Waals surface area (Å²) in [4.78, 5) is 25.6. The number of benzene rings is 2. The second kappa shape index (κ2) is 14.3. The van der Waals surface area contributed by atoms with E-state index in [4.69, 9.17) is 44.3 Å². The Labute approximate surface area is 227 Å². The van der Waals surface area contributed by atoms with Crippen molar-refractivity contribution in [1.29, 1.82) is 0 Å². The molecule has 7 nitrogen and oxygen atoms in total. The lowest BCUT2D eigenvalue weighted by molar-refractivity contribution is -0.132. The molecule has 0 aromatic heterocycles. The van der Waals surface area contributed by atoms with Gasteiger partial charge in [0.25, 0.3) is 11.8 Å². The Balaban J connectivity index is 2.06. The number of halogens is 3. The molecule has 0 aliphatic heterocycles. The fourth-order valence-corrected chi connectivity index (χ4v) is 3.69. The van der Waals surface area contributed by atoms with E-state index in [-0.39, 0.29) is 10.9 Å². The average Bonchev–Trinajstić information content (AvgIpc) is 2.79. The van der Waals surface area contributed by atoms with E-state index in [1.54, 1.807) is 37.3 Å². The smallest absolute Gasteiger partial charge is 0.262 e. The van der Waals surface area contributed by atoms with Gasteiger partial charge in [-0.1, -0.05) is 62.5 Å². The number of hydrogen-bond donors (Lipinski definition) is 2. The maximum atomic E-state index is 12.9. The van der Waals surface area contributed by atoms with Crippen molar-refractivity contribution in [2.45, 2.75) is 53.2 Å². The molecule has 0 unspecified atom stereocenters. The molecule has 36 heavy (non-hydrogen) atoms. The van der Waals surface area contributed by atoms with Gasteiger partial charge in [0.05, 0.1) is 17.8 Å². The first kappa shape index (κ1) is 29.7. The minimum absolute atomic E-state index is 0.135. The van der Waals surface area contributed by atoms with Crippen LogP contribution in [0, 0.1) is 11.8 Å². The molecular formula is C26H32Cl3N3O4. The number of amides is 2. The predicted octanol–water partition coefficient (Wildman–Crippen LogP) is 6.13. The van der Waals surface area contributed by atoms with E-state index in [0.29, 0.717) is 46.1 Å². The molecule has 0 saturated carbocycles. The van der Waals surface area contributed by atoms with Crippen LogP contribution in [0.15, 0.2) is 41.5 Å². The number of hydrogen-bond acceptors (Lipinski definition) is 5. The maximum Gasteiger partial charge on any atom is 0.262 e. The summed E-state index contributed by atoms with van der Waals surface area (Å²) < 4.78 is 11.5. The summed E-state index contributed by atoms with van der Waals surface area (Å²) >= 11 is 18.1. The van der Waals surface area contributed by atoms with Crippen molar-refractivity contribution in [3.05, 3.63) is 57.0 Å². The number of nitrogens with one attached hydrogen (secondary N) is 2. The highest BCUT2D eigenvalue weighted by atomic mass is 35.5. The Morgan fingerprint density at radius 2 is 1.56 bits per heavy atom. The third kappa shape index (κ3) is 9.88. The molecule has 2 N–H and O–H groups in total.